The van der Waals surface area contributed by atoms with Gasteiger partial charge in [-0.05, 0) is 49.4 Å². The van der Waals surface area contributed by atoms with E-state index < -0.39 is 0 Å². The van der Waals surface area contributed by atoms with Crippen LogP contribution in [0.3, 0.4) is 0 Å². The predicted molar refractivity (Wildman–Crippen MR) is 81.2 cm³/mol. The van der Waals surface area contributed by atoms with Crippen LogP contribution in [0.5, 0.6) is 0 Å². The van der Waals surface area contributed by atoms with Crippen molar-refractivity contribution in [3.63, 3.8) is 0 Å². The molecule has 0 aromatic heterocycles. The number of hydrogen-bond acceptors (Lipinski definition) is 3. The highest BCUT2D eigenvalue weighted by atomic mass is 35.5. The summed E-state index contributed by atoms with van der Waals surface area (Å²) < 4.78 is 0. The smallest absolute Gasteiger partial charge is 0.0454 e. The molecule has 2 rings (SSSR count). The van der Waals surface area contributed by atoms with Gasteiger partial charge < -0.3 is 5.73 Å². The molecule has 0 unspecified atom stereocenters. The van der Waals surface area contributed by atoms with Crippen molar-refractivity contribution in [1.82, 2.24) is 4.90 Å². The average molecular weight is 285 g/mol. The van der Waals surface area contributed by atoms with Crippen LogP contribution in [0, 0.1) is 0 Å². The molecule has 18 heavy (non-hydrogen) atoms. The van der Waals surface area contributed by atoms with Crippen molar-refractivity contribution in [2.24, 2.45) is 5.73 Å². The van der Waals surface area contributed by atoms with Gasteiger partial charge in [0.1, 0.15) is 0 Å². The van der Waals surface area contributed by atoms with Gasteiger partial charge in [-0.2, -0.15) is 11.8 Å². The normalized spacial score (nSPS) is 18.2. The van der Waals surface area contributed by atoms with Crippen molar-refractivity contribution < 1.29 is 0 Å². The van der Waals surface area contributed by atoms with Gasteiger partial charge in [-0.3, -0.25) is 4.90 Å². The Labute approximate surface area is 119 Å². The number of thioether (sulfide) groups is 1. The van der Waals surface area contributed by atoms with Crippen LogP contribution in [0.1, 0.15) is 24.0 Å². The first-order valence-electron chi connectivity index (χ1n) is 6.45. The summed E-state index contributed by atoms with van der Waals surface area (Å²) in [6.07, 6.45) is 4.79. The Balaban J connectivity index is 1.94. The molecule has 0 amide bonds. The molecule has 0 spiro atoms. The van der Waals surface area contributed by atoms with Crippen LogP contribution in [0.4, 0.5) is 0 Å². The van der Waals surface area contributed by atoms with Gasteiger partial charge >= 0.3 is 0 Å². The van der Waals surface area contributed by atoms with Crippen LogP contribution in [-0.2, 0) is 13.1 Å². The number of piperidine rings is 1. The van der Waals surface area contributed by atoms with Crippen molar-refractivity contribution in [2.45, 2.75) is 31.2 Å². The van der Waals surface area contributed by atoms with Gasteiger partial charge in [-0.15, -0.1) is 0 Å². The summed E-state index contributed by atoms with van der Waals surface area (Å²) in [4.78, 5) is 2.50. The molecule has 0 atom stereocenters. The van der Waals surface area contributed by atoms with Crippen molar-refractivity contribution in [2.75, 3.05) is 19.3 Å². The summed E-state index contributed by atoms with van der Waals surface area (Å²) in [5.74, 6) is 0. The largest absolute Gasteiger partial charge is 0.326 e. The lowest BCUT2D eigenvalue weighted by Crippen LogP contribution is -2.34. The molecule has 0 bridgehead atoms. The van der Waals surface area contributed by atoms with E-state index in [1.54, 1.807) is 0 Å². The molecule has 1 aliphatic heterocycles. The first-order valence-corrected chi connectivity index (χ1v) is 8.12. The van der Waals surface area contributed by atoms with Crippen LogP contribution >= 0.6 is 23.4 Å². The first kappa shape index (κ1) is 14.2. The second-order valence-corrected chi connectivity index (χ2v) is 6.39. The fraction of sp³-hybridized carbons (Fsp3) is 0.571. The number of likely N-dealkylation sites (tertiary alicyclic amines) is 1. The predicted octanol–water partition coefficient (Wildman–Crippen LogP) is 3.13. The van der Waals surface area contributed by atoms with E-state index in [9.17, 15) is 0 Å². The molecule has 1 aromatic carbocycles. The highest BCUT2D eigenvalue weighted by Gasteiger charge is 2.18. The van der Waals surface area contributed by atoms with E-state index >= 15 is 0 Å². The standard InChI is InChI=1S/C14H21ClN2S/c1-18-13-4-6-17(7-5-13)10-12-3-2-11(9-16)8-14(12)15/h2-3,8,13H,4-7,9-10,16H2,1H3. The van der Waals surface area contributed by atoms with Gasteiger partial charge in [-0.1, -0.05) is 23.7 Å². The average Bonchev–Trinajstić information content (AvgIpc) is 2.42. The molecular formula is C14H21ClN2S. The maximum Gasteiger partial charge on any atom is 0.0454 e. The van der Waals surface area contributed by atoms with Gasteiger partial charge in [0.05, 0.1) is 0 Å². The van der Waals surface area contributed by atoms with Crippen LogP contribution in [0.15, 0.2) is 18.2 Å². The van der Waals surface area contributed by atoms with Gasteiger partial charge in [0.25, 0.3) is 0 Å². The van der Waals surface area contributed by atoms with E-state index in [4.69, 9.17) is 17.3 Å². The minimum atomic E-state index is 0.555. The summed E-state index contributed by atoms with van der Waals surface area (Å²) in [7, 11) is 0. The second kappa shape index (κ2) is 6.80. The summed E-state index contributed by atoms with van der Waals surface area (Å²) in [5, 5.41) is 1.70. The van der Waals surface area contributed by atoms with E-state index in [1.807, 2.05) is 17.8 Å². The number of halogens is 1. The monoisotopic (exact) mass is 284 g/mol. The van der Waals surface area contributed by atoms with E-state index in [0.29, 0.717) is 6.54 Å². The Kier molecular flexibility index (Phi) is 5.37. The molecule has 4 heteroatoms. The third-order valence-corrected chi connectivity index (χ3v) is 5.10. The Hall–Kier alpha value is -0.220. The zero-order valence-electron chi connectivity index (χ0n) is 10.9. The minimum Gasteiger partial charge on any atom is -0.326 e. The Morgan fingerprint density at radius 1 is 1.39 bits per heavy atom. The highest BCUT2D eigenvalue weighted by molar-refractivity contribution is 7.99. The lowest BCUT2D eigenvalue weighted by atomic mass is 10.1. The van der Waals surface area contributed by atoms with Gasteiger partial charge in [0.2, 0.25) is 0 Å². The van der Waals surface area contributed by atoms with Crippen LogP contribution < -0.4 is 5.73 Å². The Morgan fingerprint density at radius 3 is 2.67 bits per heavy atom. The third kappa shape index (κ3) is 3.64. The van der Waals surface area contributed by atoms with E-state index in [2.05, 4.69) is 23.3 Å². The van der Waals surface area contributed by atoms with Crippen molar-refractivity contribution >= 4 is 23.4 Å². The molecule has 2 N–H and O–H groups in total. The minimum absolute atomic E-state index is 0.555. The maximum atomic E-state index is 6.30. The number of nitrogens with zero attached hydrogens (tertiary/aromatic N) is 1. The molecule has 1 fully saturated rings. The quantitative estimate of drug-likeness (QED) is 0.921. The van der Waals surface area contributed by atoms with E-state index in [-0.39, 0.29) is 0 Å². The molecule has 100 valence electrons. The molecule has 1 saturated heterocycles. The lowest BCUT2D eigenvalue weighted by molar-refractivity contribution is 0.225. The first-order chi connectivity index (χ1) is 8.72. The third-order valence-electron chi connectivity index (χ3n) is 3.62. The van der Waals surface area contributed by atoms with E-state index in [1.165, 1.54) is 31.5 Å². The summed E-state index contributed by atoms with van der Waals surface area (Å²) in [6.45, 7) is 3.88. The molecule has 1 heterocycles. The zero-order chi connectivity index (χ0) is 13.0. The van der Waals surface area contributed by atoms with Gasteiger partial charge in [0.15, 0.2) is 0 Å². The number of benzene rings is 1. The molecule has 0 radical (unpaired) electrons. The molecular weight excluding hydrogens is 264 g/mol. The second-order valence-electron chi connectivity index (χ2n) is 4.84. The Bertz CT molecular complexity index is 389. The molecule has 0 saturated carbocycles. The molecule has 2 nitrogen and oxygen atoms in total. The van der Waals surface area contributed by atoms with Crippen LogP contribution in [0.2, 0.25) is 5.02 Å². The zero-order valence-corrected chi connectivity index (χ0v) is 12.4. The molecule has 0 aliphatic carbocycles. The number of rotatable bonds is 4. The van der Waals surface area contributed by atoms with Crippen molar-refractivity contribution in [3.05, 3.63) is 34.3 Å². The van der Waals surface area contributed by atoms with Crippen molar-refractivity contribution in [1.29, 1.82) is 0 Å². The van der Waals surface area contributed by atoms with E-state index in [0.717, 1.165) is 22.4 Å². The summed E-state index contributed by atoms with van der Waals surface area (Å²) in [6, 6.07) is 6.19. The SMILES string of the molecule is CSC1CCN(Cc2ccc(CN)cc2Cl)CC1. The molecule has 1 aliphatic rings. The van der Waals surface area contributed by atoms with Crippen LogP contribution in [0.25, 0.3) is 0 Å². The van der Waals surface area contributed by atoms with Gasteiger partial charge in [0, 0.05) is 23.4 Å². The fourth-order valence-corrected chi connectivity index (χ4v) is 3.34. The van der Waals surface area contributed by atoms with Crippen molar-refractivity contribution in [3.8, 4) is 0 Å². The summed E-state index contributed by atoms with van der Waals surface area (Å²) in [5.41, 5.74) is 7.93. The molecule has 1 aromatic rings. The Morgan fingerprint density at radius 2 is 2.11 bits per heavy atom. The number of hydrogen-bond donors (Lipinski definition) is 1. The van der Waals surface area contributed by atoms with Gasteiger partial charge in [-0.25, -0.2) is 0 Å². The maximum absolute atomic E-state index is 6.30. The topological polar surface area (TPSA) is 29.3 Å². The lowest BCUT2D eigenvalue weighted by Gasteiger charge is -2.31. The summed E-state index contributed by atoms with van der Waals surface area (Å²) >= 11 is 8.29. The van der Waals surface area contributed by atoms with Crippen LogP contribution in [-0.4, -0.2) is 29.5 Å². The highest BCUT2D eigenvalue weighted by Crippen LogP contribution is 2.24. The number of nitrogens with two attached hydrogens (primary N) is 1. The fourth-order valence-electron chi connectivity index (χ4n) is 2.39.